The molecular formula is C23H31N3O5. The summed E-state index contributed by atoms with van der Waals surface area (Å²) in [4.78, 5) is 25.9. The molecule has 0 aromatic heterocycles. The molecule has 1 atom stereocenters. The topological polar surface area (TPSA) is 112 Å². The third kappa shape index (κ3) is 7.67. The molecule has 2 amide bonds. The van der Waals surface area contributed by atoms with Gasteiger partial charge in [0, 0.05) is 20.6 Å². The predicted molar refractivity (Wildman–Crippen MR) is 117 cm³/mol. The quantitative estimate of drug-likeness (QED) is 0.445. The molecule has 2 rings (SSSR count). The first-order valence-corrected chi connectivity index (χ1v) is 10.1. The van der Waals surface area contributed by atoms with Crippen LogP contribution in [-0.2, 0) is 32.0 Å². The van der Waals surface area contributed by atoms with Gasteiger partial charge in [0.1, 0.15) is 12.1 Å². The first kappa shape index (κ1) is 24.3. The molecular weight excluding hydrogens is 398 g/mol. The fourth-order valence-corrected chi connectivity index (χ4v) is 3.20. The summed E-state index contributed by atoms with van der Waals surface area (Å²) < 4.78 is 15.6. The third-order valence-electron chi connectivity index (χ3n) is 4.86. The van der Waals surface area contributed by atoms with E-state index in [9.17, 15) is 9.59 Å². The zero-order chi connectivity index (χ0) is 22.5. The van der Waals surface area contributed by atoms with Crippen LogP contribution in [0.1, 0.15) is 17.5 Å². The van der Waals surface area contributed by atoms with Gasteiger partial charge in [-0.25, -0.2) is 4.79 Å². The lowest BCUT2D eigenvalue weighted by Gasteiger charge is -2.33. The Morgan fingerprint density at radius 2 is 1.55 bits per heavy atom. The van der Waals surface area contributed by atoms with Gasteiger partial charge in [0.2, 0.25) is 5.91 Å². The average molecular weight is 430 g/mol. The van der Waals surface area contributed by atoms with Crippen LogP contribution in [-0.4, -0.2) is 51.1 Å². The fourth-order valence-electron chi connectivity index (χ4n) is 3.20. The van der Waals surface area contributed by atoms with Gasteiger partial charge in [0.15, 0.2) is 6.29 Å². The molecule has 8 nitrogen and oxygen atoms in total. The standard InChI is InChI=1S/C23H31N3O5/c1-29-20(30-2)16-25-21(27)23(13-14-24,15-18-9-5-3-6-10-18)26-22(28)31-17-19-11-7-4-8-12-19/h3-12,20H,13-17,24H2,1-2H3,(H,25,27)(H,26,28)/t23-/m0/s1. The second kappa shape index (κ2) is 12.7. The Labute approximate surface area is 183 Å². The average Bonchev–Trinajstić information content (AvgIpc) is 2.79. The Morgan fingerprint density at radius 1 is 0.968 bits per heavy atom. The molecule has 0 fully saturated rings. The van der Waals surface area contributed by atoms with E-state index in [0.29, 0.717) is 0 Å². The number of rotatable bonds is 12. The number of hydrogen-bond acceptors (Lipinski definition) is 6. The van der Waals surface area contributed by atoms with Crippen molar-refractivity contribution in [2.24, 2.45) is 5.73 Å². The minimum Gasteiger partial charge on any atom is -0.445 e. The minimum absolute atomic E-state index is 0.0910. The summed E-state index contributed by atoms with van der Waals surface area (Å²) in [6.07, 6.45) is -0.833. The molecule has 0 aliphatic carbocycles. The first-order chi connectivity index (χ1) is 15.0. The molecule has 168 valence electrons. The summed E-state index contributed by atoms with van der Waals surface area (Å²) >= 11 is 0. The van der Waals surface area contributed by atoms with Crippen molar-refractivity contribution in [1.82, 2.24) is 10.6 Å². The summed E-state index contributed by atoms with van der Waals surface area (Å²) in [5, 5.41) is 5.57. The molecule has 31 heavy (non-hydrogen) atoms. The number of nitrogens with two attached hydrogens (primary N) is 1. The highest BCUT2D eigenvalue weighted by Crippen LogP contribution is 2.19. The normalized spacial score (nSPS) is 12.8. The van der Waals surface area contributed by atoms with Crippen LogP contribution in [0, 0.1) is 0 Å². The molecule has 0 aliphatic heterocycles. The SMILES string of the molecule is COC(CNC(=O)[C@](CCN)(Cc1ccccc1)NC(=O)OCc1ccccc1)OC. The highest BCUT2D eigenvalue weighted by molar-refractivity contribution is 5.90. The van der Waals surface area contributed by atoms with E-state index >= 15 is 0 Å². The van der Waals surface area contributed by atoms with Crippen LogP contribution in [0.5, 0.6) is 0 Å². The summed E-state index contributed by atoms with van der Waals surface area (Å²) in [5.74, 6) is -0.391. The summed E-state index contributed by atoms with van der Waals surface area (Å²) in [6, 6.07) is 18.7. The zero-order valence-electron chi connectivity index (χ0n) is 18.0. The van der Waals surface area contributed by atoms with Crippen molar-refractivity contribution in [1.29, 1.82) is 0 Å². The Kier molecular flexibility index (Phi) is 9.96. The van der Waals surface area contributed by atoms with Crippen molar-refractivity contribution in [2.45, 2.75) is 31.3 Å². The van der Waals surface area contributed by atoms with Crippen LogP contribution >= 0.6 is 0 Å². The van der Waals surface area contributed by atoms with Gasteiger partial charge >= 0.3 is 6.09 Å². The van der Waals surface area contributed by atoms with Gasteiger partial charge in [-0.05, 0) is 24.1 Å². The predicted octanol–water partition coefficient (Wildman–Crippen LogP) is 1.98. The summed E-state index contributed by atoms with van der Waals surface area (Å²) in [5.41, 5.74) is 6.26. The smallest absolute Gasteiger partial charge is 0.408 e. The van der Waals surface area contributed by atoms with Gasteiger partial charge < -0.3 is 30.6 Å². The summed E-state index contributed by atoms with van der Waals surface area (Å²) in [6.45, 7) is 0.401. The molecule has 2 aromatic carbocycles. The molecule has 0 spiro atoms. The van der Waals surface area contributed by atoms with Gasteiger partial charge in [-0.1, -0.05) is 60.7 Å². The maximum Gasteiger partial charge on any atom is 0.408 e. The van der Waals surface area contributed by atoms with Gasteiger partial charge in [-0.15, -0.1) is 0 Å². The van der Waals surface area contributed by atoms with Crippen molar-refractivity contribution in [3.63, 3.8) is 0 Å². The maximum absolute atomic E-state index is 13.3. The van der Waals surface area contributed by atoms with Gasteiger partial charge in [-0.2, -0.15) is 0 Å². The monoisotopic (exact) mass is 429 g/mol. The number of nitrogens with one attached hydrogen (secondary N) is 2. The van der Waals surface area contributed by atoms with Crippen LogP contribution in [0.15, 0.2) is 60.7 Å². The van der Waals surface area contributed by atoms with E-state index in [1.807, 2.05) is 60.7 Å². The molecule has 0 heterocycles. The number of carbonyl (C=O) groups is 2. The van der Waals surface area contributed by atoms with Gasteiger partial charge in [-0.3, -0.25) is 4.79 Å². The molecule has 4 N–H and O–H groups in total. The van der Waals surface area contributed by atoms with E-state index < -0.39 is 23.8 Å². The summed E-state index contributed by atoms with van der Waals surface area (Å²) in [7, 11) is 2.97. The number of carbonyl (C=O) groups excluding carboxylic acids is 2. The first-order valence-electron chi connectivity index (χ1n) is 10.1. The fraction of sp³-hybridized carbons (Fsp3) is 0.391. The molecule has 0 saturated heterocycles. The van der Waals surface area contributed by atoms with Crippen LogP contribution in [0.4, 0.5) is 4.79 Å². The lowest BCUT2D eigenvalue weighted by molar-refractivity contribution is -0.133. The Morgan fingerprint density at radius 3 is 2.10 bits per heavy atom. The second-order valence-corrected chi connectivity index (χ2v) is 7.08. The van der Waals surface area contributed by atoms with Crippen LogP contribution in [0.2, 0.25) is 0 Å². The molecule has 0 saturated carbocycles. The number of methoxy groups -OCH3 is 2. The highest BCUT2D eigenvalue weighted by Gasteiger charge is 2.40. The van der Waals surface area contributed by atoms with Crippen LogP contribution in [0.25, 0.3) is 0 Å². The van der Waals surface area contributed by atoms with Crippen molar-refractivity contribution in [2.75, 3.05) is 27.3 Å². The van der Waals surface area contributed by atoms with E-state index in [-0.39, 0.29) is 32.5 Å². The molecule has 0 bridgehead atoms. The molecule has 2 aromatic rings. The number of alkyl carbamates (subject to hydrolysis) is 1. The lowest BCUT2D eigenvalue weighted by Crippen LogP contribution is -2.61. The van der Waals surface area contributed by atoms with E-state index in [4.69, 9.17) is 19.9 Å². The minimum atomic E-state index is -1.30. The number of amides is 2. The Balaban J connectivity index is 2.18. The molecule has 8 heteroatoms. The Bertz CT molecular complexity index is 799. The zero-order valence-corrected chi connectivity index (χ0v) is 18.0. The van der Waals surface area contributed by atoms with Crippen LogP contribution in [0.3, 0.4) is 0 Å². The third-order valence-corrected chi connectivity index (χ3v) is 4.86. The second-order valence-electron chi connectivity index (χ2n) is 7.08. The van der Waals surface area contributed by atoms with E-state index in [1.165, 1.54) is 14.2 Å². The Hall–Kier alpha value is -2.94. The molecule has 0 unspecified atom stereocenters. The number of benzene rings is 2. The number of ether oxygens (including phenoxy) is 3. The highest BCUT2D eigenvalue weighted by atomic mass is 16.7. The van der Waals surface area contributed by atoms with Gasteiger partial charge in [0.05, 0.1) is 6.54 Å². The number of hydrogen-bond donors (Lipinski definition) is 3. The van der Waals surface area contributed by atoms with E-state index in [2.05, 4.69) is 10.6 Å². The molecule has 0 aliphatic rings. The largest absolute Gasteiger partial charge is 0.445 e. The van der Waals surface area contributed by atoms with Crippen molar-refractivity contribution < 1.29 is 23.8 Å². The van der Waals surface area contributed by atoms with E-state index in [0.717, 1.165) is 11.1 Å². The molecule has 0 radical (unpaired) electrons. The lowest BCUT2D eigenvalue weighted by atomic mass is 9.86. The van der Waals surface area contributed by atoms with Crippen molar-refractivity contribution >= 4 is 12.0 Å². The van der Waals surface area contributed by atoms with Crippen molar-refractivity contribution in [3.8, 4) is 0 Å². The van der Waals surface area contributed by atoms with E-state index in [1.54, 1.807) is 0 Å². The maximum atomic E-state index is 13.3. The van der Waals surface area contributed by atoms with Gasteiger partial charge in [0.25, 0.3) is 0 Å². The van der Waals surface area contributed by atoms with Crippen molar-refractivity contribution in [3.05, 3.63) is 71.8 Å². The van der Waals surface area contributed by atoms with Crippen LogP contribution < -0.4 is 16.4 Å².